The van der Waals surface area contributed by atoms with Crippen LogP contribution in [0.2, 0.25) is 0 Å². The van der Waals surface area contributed by atoms with Crippen molar-refractivity contribution in [2.45, 2.75) is 13.5 Å². The molecular weight excluding hydrogens is 348 g/mol. The molecule has 0 unspecified atom stereocenters. The molecule has 0 saturated carbocycles. The van der Waals surface area contributed by atoms with Crippen LogP contribution >= 0.6 is 0 Å². The Bertz CT molecular complexity index is 1130. The van der Waals surface area contributed by atoms with Crippen LogP contribution in [0.25, 0.3) is 10.9 Å². The smallest absolute Gasteiger partial charge is 0.298 e. The second-order valence-corrected chi connectivity index (χ2v) is 6.27. The lowest BCUT2D eigenvalue weighted by Crippen LogP contribution is -2.25. The van der Waals surface area contributed by atoms with E-state index in [2.05, 4.69) is 20.4 Å². The third kappa shape index (κ3) is 2.80. The maximum Gasteiger partial charge on any atom is 0.298 e. The van der Waals surface area contributed by atoms with E-state index in [1.54, 1.807) is 33.4 Å². The maximum absolute atomic E-state index is 12.7. The van der Waals surface area contributed by atoms with E-state index in [1.807, 2.05) is 17.6 Å². The number of carbonyl (C=O) groups is 1. The molecule has 0 bridgehead atoms. The zero-order chi connectivity index (χ0) is 19.1. The molecular formula is C18H20N6O3. The highest BCUT2D eigenvalue weighted by Crippen LogP contribution is 2.34. The summed E-state index contributed by atoms with van der Waals surface area (Å²) in [4.78, 5) is 21.5. The molecule has 0 atom stereocenters. The first-order chi connectivity index (χ1) is 13.0. The summed E-state index contributed by atoms with van der Waals surface area (Å²) in [5.74, 6) is 1.66. The van der Waals surface area contributed by atoms with Crippen molar-refractivity contribution in [3.8, 4) is 11.5 Å². The summed E-state index contributed by atoms with van der Waals surface area (Å²) in [5.41, 5.74) is 2.19. The fourth-order valence-corrected chi connectivity index (χ4v) is 3.30. The van der Waals surface area contributed by atoms with E-state index < -0.39 is 0 Å². The van der Waals surface area contributed by atoms with Gasteiger partial charge in [0.1, 0.15) is 11.5 Å². The first-order valence-electron chi connectivity index (χ1n) is 8.52. The first kappa shape index (κ1) is 17.1. The Morgan fingerprint density at radius 1 is 1.22 bits per heavy atom. The number of ether oxygens (including phenoxy) is 2. The third-order valence-electron chi connectivity index (χ3n) is 4.54. The number of aromatic nitrogens is 4. The number of methoxy groups -OCH3 is 2. The molecule has 0 fully saturated rings. The Kier molecular flexibility index (Phi) is 4.06. The number of nitrogens with one attached hydrogen (secondary N) is 1. The molecule has 1 N–H and O–H groups in total. The van der Waals surface area contributed by atoms with Crippen LogP contribution in [0.5, 0.6) is 11.5 Å². The highest BCUT2D eigenvalue weighted by Gasteiger charge is 2.19. The molecule has 4 rings (SSSR count). The van der Waals surface area contributed by atoms with E-state index in [-0.39, 0.29) is 5.91 Å². The van der Waals surface area contributed by atoms with Gasteiger partial charge in [0, 0.05) is 31.6 Å². The van der Waals surface area contributed by atoms with Crippen molar-refractivity contribution in [3.05, 3.63) is 35.2 Å². The van der Waals surface area contributed by atoms with Crippen LogP contribution in [0.1, 0.15) is 16.2 Å². The predicted octanol–water partition coefficient (Wildman–Crippen LogP) is 1.26. The average Bonchev–Trinajstić information content (AvgIpc) is 3.27. The van der Waals surface area contributed by atoms with E-state index in [4.69, 9.17) is 9.47 Å². The number of carbonyl (C=O) groups excluding carboxylic acids is 1. The highest BCUT2D eigenvalue weighted by molar-refractivity contribution is 5.94. The zero-order valence-corrected chi connectivity index (χ0v) is 15.6. The Balaban J connectivity index is 1.93. The van der Waals surface area contributed by atoms with E-state index in [0.717, 1.165) is 23.4 Å². The van der Waals surface area contributed by atoms with Crippen molar-refractivity contribution in [1.29, 1.82) is 0 Å². The number of benzene rings is 1. The minimum atomic E-state index is -0.382. The molecule has 9 nitrogen and oxygen atoms in total. The number of anilines is 1. The van der Waals surface area contributed by atoms with Crippen molar-refractivity contribution in [2.24, 2.45) is 12.0 Å². The van der Waals surface area contributed by atoms with E-state index in [9.17, 15) is 4.79 Å². The number of hydrogen-bond donors (Lipinski definition) is 1. The van der Waals surface area contributed by atoms with Crippen molar-refractivity contribution in [1.82, 2.24) is 19.3 Å². The number of aryl methyl sites for hydroxylation is 2. The van der Waals surface area contributed by atoms with Gasteiger partial charge in [-0.15, -0.1) is 0 Å². The normalized spacial score (nSPS) is 13.6. The number of rotatable bonds is 3. The van der Waals surface area contributed by atoms with Gasteiger partial charge in [-0.25, -0.2) is 4.98 Å². The summed E-state index contributed by atoms with van der Waals surface area (Å²) in [7, 11) is 4.89. The number of nitrogens with zero attached hydrogens (tertiary/aromatic N) is 5. The van der Waals surface area contributed by atoms with Crippen molar-refractivity contribution in [2.75, 3.05) is 26.1 Å². The van der Waals surface area contributed by atoms with Gasteiger partial charge >= 0.3 is 0 Å². The molecule has 140 valence electrons. The first-order valence-corrected chi connectivity index (χ1v) is 8.52. The second kappa shape index (κ2) is 6.42. The molecule has 9 heteroatoms. The molecule has 27 heavy (non-hydrogen) atoms. The lowest BCUT2D eigenvalue weighted by Gasteiger charge is -2.12. The summed E-state index contributed by atoms with van der Waals surface area (Å²) >= 11 is 0. The predicted molar refractivity (Wildman–Crippen MR) is 99.2 cm³/mol. The average molecular weight is 368 g/mol. The Hall–Kier alpha value is -3.36. The number of fused-ring (bicyclic) bond motifs is 3. The number of hydrogen-bond acceptors (Lipinski definition) is 6. The molecule has 0 spiro atoms. The molecule has 3 aromatic rings. The molecule has 0 aliphatic carbocycles. The van der Waals surface area contributed by atoms with Crippen molar-refractivity contribution < 1.29 is 14.3 Å². The molecule has 1 aliphatic heterocycles. The summed E-state index contributed by atoms with van der Waals surface area (Å²) in [6.45, 7) is 3.24. The van der Waals surface area contributed by atoms with Gasteiger partial charge in [-0.1, -0.05) is 0 Å². The lowest BCUT2D eigenvalue weighted by molar-refractivity contribution is 0.0987. The molecule has 2 aromatic heterocycles. The Labute approximate surface area is 155 Å². The highest BCUT2D eigenvalue weighted by atomic mass is 16.5. The number of amides is 1. The fourth-order valence-electron chi connectivity index (χ4n) is 3.30. The monoisotopic (exact) mass is 368 g/mol. The quantitative estimate of drug-likeness (QED) is 0.748. The SMILES string of the molecule is COc1cc2nc(=NC(=O)c3cc(C)nn3C)n3c(c2cc1OC)NCC3. The minimum Gasteiger partial charge on any atom is -0.493 e. The van der Waals surface area contributed by atoms with Gasteiger partial charge < -0.3 is 14.8 Å². The topological polar surface area (TPSA) is 95.6 Å². The van der Waals surface area contributed by atoms with Gasteiger partial charge in [0.05, 0.1) is 25.4 Å². The molecule has 0 saturated heterocycles. The maximum atomic E-state index is 12.7. The van der Waals surface area contributed by atoms with Crippen molar-refractivity contribution >= 4 is 22.6 Å². The Morgan fingerprint density at radius 3 is 2.63 bits per heavy atom. The van der Waals surface area contributed by atoms with E-state index in [1.165, 1.54) is 4.68 Å². The molecule has 1 amide bonds. The molecule has 1 aromatic carbocycles. The molecule has 0 radical (unpaired) electrons. The summed E-state index contributed by atoms with van der Waals surface area (Å²) < 4.78 is 14.2. The van der Waals surface area contributed by atoms with Gasteiger partial charge in [-0.05, 0) is 19.1 Å². The summed E-state index contributed by atoms with van der Waals surface area (Å²) in [5, 5.41) is 8.42. The second-order valence-electron chi connectivity index (χ2n) is 6.27. The van der Waals surface area contributed by atoms with Crippen molar-refractivity contribution in [3.63, 3.8) is 0 Å². The van der Waals surface area contributed by atoms with Crippen LogP contribution in [0, 0.1) is 6.92 Å². The standard InChI is InChI=1S/C18H20N6O3/c1-10-7-13(23(2)22-10)17(25)21-18-20-12-9-15(27-4)14(26-3)8-11(12)16-19-5-6-24(16)18/h7-9,19H,5-6H2,1-4H3. The summed E-state index contributed by atoms with van der Waals surface area (Å²) in [6, 6.07) is 5.37. The van der Waals surface area contributed by atoms with Gasteiger partial charge in [-0.3, -0.25) is 14.0 Å². The van der Waals surface area contributed by atoms with Crippen LogP contribution < -0.4 is 20.4 Å². The van der Waals surface area contributed by atoms with E-state index in [0.29, 0.717) is 34.9 Å². The molecule has 3 heterocycles. The zero-order valence-electron chi connectivity index (χ0n) is 15.6. The van der Waals surface area contributed by atoms with E-state index >= 15 is 0 Å². The van der Waals surface area contributed by atoms with Crippen LogP contribution in [0.4, 0.5) is 5.82 Å². The van der Waals surface area contributed by atoms with Crippen LogP contribution in [-0.4, -0.2) is 46.0 Å². The Morgan fingerprint density at radius 2 is 1.96 bits per heavy atom. The van der Waals surface area contributed by atoms with Gasteiger partial charge in [-0.2, -0.15) is 10.1 Å². The van der Waals surface area contributed by atoms with Crippen LogP contribution in [0.15, 0.2) is 23.2 Å². The molecule has 1 aliphatic rings. The van der Waals surface area contributed by atoms with Crippen LogP contribution in [-0.2, 0) is 13.6 Å². The fraction of sp³-hybridized carbons (Fsp3) is 0.333. The summed E-state index contributed by atoms with van der Waals surface area (Å²) in [6.07, 6.45) is 0. The lowest BCUT2D eigenvalue weighted by atomic mass is 10.2. The minimum absolute atomic E-state index is 0.346. The van der Waals surface area contributed by atoms with Gasteiger partial charge in [0.2, 0.25) is 5.62 Å². The van der Waals surface area contributed by atoms with Gasteiger partial charge in [0.15, 0.2) is 11.5 Å². The largest absolute Gasteiger partial charge is 0.493 e. The third-order valence-corrected chi connectivity index (χ3v) is 4.54. The van der Waals surface area contributed by atoms with Crippen LogP contribution in [0.3, 0.4) is 0 Å². The van der Waals surface area contributed by atoms with Gasteiger partial charge in [0.25, 0.3) is 5.91 Å².